The second-order valence-corrected chi connectivity index (χ2v) is 11.1. The first kappa shape index (κ1) is 21.2. The van der Waals surface area contributed by atoms with Crippen molar-refractivity contribution >= 4 is 66.7 Å². The number of benzene rings is 2. The lowest BCUT2D eigenvalue weighted by Crippen LogP contribution is -2.24. The topological polar surface area (TPSA) is 79.7 Å². The van der Waals surface area contributed by atoms with Crippen molar-refractivity contribution < 1.29 is 19.2 Å². The highest BCUT2D eigenvalue weighted by atomic mass is 32.1. The summed E-state index contributed by atoms with van der Waals surface area (Å²) in [6.45, 7) is 0. The Morgan fingerprint density at radius 3 is 1.67 bits per heavy atom. The molecule has 2 aromatic carbocycles. The molecule has 176 valence electrons. The average Bonchev–Trinajstić information content (AvgIpc) is 3.65. The van der Waals surface area contributed by atoms with E-state index in [1.807, 2.05) is 31.3 Å². The van der Waals surface area contributed by atoms with E-state index in [0.29, 0.717) is 22.3 Å². The van der Waals surface area contributed by atoms with Gasteiger partial charge in [0.05, 0.1) is 32.5 Å². The molecule has 0 radical (unpaired) electrons. The molecular weight excluding hydrogens is 494 g/mol. The molecule has 36 heavy (non-hydrogen) atoms. The number of nitrogens with zero attached hydrogens (tertiary/aromatic N) is 3. The Kier molecular flexibility index (Phi) is 4.12. The van der Waals surface area contributed by atoms with E-state index in [4.69, 9.17) is 0 Å². The Hall–Kier alpha value is -4.08. The first-order valence-electron chi connectivity index (χ1n) is 11.2. The van der Waals surface area contributed by atoms with Crippen LogP contribution in [0.3, 0.4) is 0 Å². The van der Waals surface area contributed by atoms with Gasteiger partial charge in [-0.1, -0.05) is 24.3 Å². The average molecular weight is 512 g/mol. The molecule has 2 aliphatic rings. The Morgan fingerprint density at radius 1 is 0.611 bits per heavy atom. The normalized spacial score (nSPS) is 15.2. The lowest BCUT2D eigenvalue weighted by Gasteiger charge is -2.05. The van der Waals surface area contributed by atoms with Crippen molar-refractivity contribution in [3.05, 3.63) is 70.8 Å². The smallest absolute Gasteiger partial charge is 0.261 e. The Morgan fingerprint density at radius 2 is 1.11 bits per heavy atom. The summed E-state index contributed by atoms with van der Waals surface area (Å²) >= 11 is 3.16. The molecule has 0 spiro atoms. The fraction of sp³-hybridized carbons (Fsp3) is 0.111. The summed E-state index contributed by atoms with van der Waals surface area (Å²) in [5.74, 6) is -1.13. The number of fused-ring (bicyclic) bond motifs is 5. The molecular formula is C27H17N3O4S2. The van der Waals surface area contributed by atoms with Gasteiger partial charge >= 0.3 is 0 Å². The van der Waals surface area contributed by atoms with Crippen LogP contribution in [-0.2, 0) is 7.05 Å². The zero-order valence-electron chi connectivity index (χ0n) is 19.4. The fourth-order valence-corrected chi connectivity index (χ4v) is 7.68. The van der Waals surface area contributed by atoms with E-state index in [1.165, 1.54) is 14.1 Å². The summed E-state index contributed by atoms with van der Waals surface area (Å²) in [6, 6.07) is 14.9. The van der Waals surface area contributed by atoms with Gasteiger partial charge in [0.15, 0.2) is 0 Å². The molecule has 0 atom stereocenters. The third-order valence-electron chi connectivity index (χ3n) is 7.10. The van der Waals surface area contributed by atoms with Crippen LogP contribution in [0.15, 0.2) is 48.5 Å². The van der Waals surface area contributed by atoms with Gasteiger partial charge in [-0.15, -0.1) is 22.7 Å². The lowest BCUT2D eigenvalue weighted by atomic mass is 10.0. The highest BCUT2D eigenvalue weighted by Gasteiger charge is 2.37. The summed E-state index contributed by atoms with van der Waals surface area (Å²) in [4.78, 5) is 55.8. The maximum absolute atomic E-state index is 12.8. The van der Waals surface area contributed by atoms with Gasteiger partial charge in [-0.05, 0) is 24.3 Å². The molecule has 0 saturated carbocycles. The maximum atomic E-state index is 12.8. The number of rotatable bonds is 2. The standard InChI is InChI=1S/C27H17N3O4S2/c1-28-17-11-19(13-7-5-9-15-21(13)26(34)30(3)24(15)32)35-22(17)16-10-18(36-27(16)28)12-6-4-8-14-20(12)25(33)29(2)23(14)31/h4-11H,1-3H3. The van der Waals surface area contributed by atoms with Crippen LogP contribution in [0.1, 0.15) is 41.4 Å². The molecule has 0 fully saturated rings. The molecule has 5 heterocycles. The number of carbonyl (C=O) groups excluding carboxylic acids is 4. The second kappa shape index (κ2) is 6.99. The number of amides is 4. The van der Waals surface area contributed by atoms with Crippen LogP contribution < -0.4 is 0 Å². The highest BCUT2D eigenvalue weighted by Crippen LogP contribution is 2.46. The van der Waals surface area contributed by atoms with Gasteiger partial charge < -0.3 is 4.57 Å². The summed E-state index contributed by atoms with van der Waals surface area (Å²) in [7, 11) is 5.01. The molecule has 7 nitrogen and oxygen atoms in total. The number of hydrogen-bond donors (Lipinski definition) is 0. The minimum Gasteiger partial charge on any atom is -0.335 e. The minimum absolute atomic E-state index is 0.280. The Bertz CT molecular complexity index is 1740. The van der Waals surface area contributed by atoms with Crippen molar-refractivity contribution in [2.45, 2.75) is 0 Å². The third kappa shape index (κ3) is 2.51. The first-order chi connectivity index (χ1) is 17.3. The highest BCUT2D eigenvalue weighted by molar-refractivity contribution is 7.26. The van der Waals surface area contributed by atoms with E-state index in [1.54, 1.807) is 34.8 Å². The summed E-state index contributed by atoms with van der Waals surface area (Å²) in [6.07, 6.45) is 0. The molecule has 9 heteroatoms. The van der Waals surface area contributed by atoms with Crippen LogP contribution in [0.4, 0.5) is 0 Å². The summed E-state index contributed by atoms with van der Waals surface area (Å²) in [5, 5.41) is 1.05. The maximum Gasteiger partial charge on any atom is 0.261 e. The third-order valence-corrected chi connectivity index (χ3v) is 9.54. The van der Waals surface area contributed by atoms with Crippen molar-refractivity contribution in [2.75, 3.05) is 14.1 Å². The predicted molar refractivity (Wildman–Crippen MR) is 140 cm³/mol. The van der Waals surface area contributed by atoms with Gasteiger partial charge in [0, 0.05) is 47.4 Å². The minimum atomic E-state index is -0.284. The van der Waals surface area contributed by atoms with Crippen molar-refractivity contribution in [1.29, 1.82) is 0 Å². The van der Waals surface area contributed by atoms with Gasteiger partial charge in [0.1, 0.15) is 4.83 Å². The summed E-state index contributed by atoms with van der Waals surface area (Å²) < 4.78 is 3.18. The van der Waals surface area contributed by atoms with Crippen LogP contribution in [-0.4, -0.2) is 52.1 Å². The first-order valence-corrected chi connectivity index (χ1v) is 12.8. The van der Waals surface area contributed by atoms with Gasteiger partial charge in [-0.2, -0.15) is 0 Å². The number of carbonyl (C=O) groups is 4. The zero-order chi connectivity index (χ0) is 25.0. The Balaban J connectivity index is 1.41. The van der Waals surface area contributed by atoms with E-state index >= 15 is 0 Å². The Labute approximate surface area is 212 Å². The molecule has 0 aliphatic carbocycles. The van der Waals surface area contributed by atoms with E-state index in [2.05, 4.69) is 16.7 Å². The molecule has 5 aromatic rings. The molecule has 2 aliphatic heterocycles. The van der Waals surface area contributed by atoms with Crippen LogP contribution in [0.5, 0.6) is 0 Å². The second-order valence-electron chi connectivity index (χ2n) is 9.01. The van der Waals surface area contributed by atoms with E-state index in [9.17, 15) is 19.2 Å². The number of aromatic nitrogens is 1. The van der Waals surface area contributed by atoms with E-state index in [0.717, 1.165) is 51.1 Å². The molecule has 3 aromatic heterocycles. The van der Waals surface area contributed by atoms with Gasteiger partial charge in [0.2, 0.25) is 0 Å². The van der Waals surface area contributed by atoms with E-state index < -0.39 is 0 Å². The predicted octanol–water partition coefficient (Wildman–Crippen LogP) is 5.24. The quantitative estimate of drug-likeness (QED) is 0.304. The van der Waals surface area contributed by atoms with Crippen LogP contribution >= 0.6 is 22.7 Å². The van der Waals surface area contributed by atoms with E-state index in [-0.39, 0.29) is 23.6 Å². The number of thiophene rings is 2. The zero-order valence-corrected chi connectivity index (χ0v) is 21.0. The SMILES string of the molecule is CN1C(=O)c2cccc(-c3cc4c(s3)c3cc(-c5cccc6c5C(=O)N(C)C6=O)sc3n4C)c2C1=O. The molecule has 4 amide bonds. The molecule has 0 N–H and O–H groups in total. The van der Waals surface area contributed by atoms with Crippen molar-refractivity contribution in [1.82, 2.24) is 14.4 Å². The van der Waals surface area contributed by atoms with Crippen LogP contribution in [0, 0.1) is 0 Å². The van der Waals surface area contributed by atoms with Gasteiger partial charge in [-0.3, -0.25) is 29.0 Å². The van der Waals surface area contributed by atoms with Crippen molar-refractivity contribution in [2.24, 2.45) is 7.05 Å². The monoisotopic (exact) mass is 511 g/mol. The van der Waals surface area contributed by atoms with Gasteiger partial charge in [-0.25, -0.2) is 0 Å². The summed E-state index contributed by atoms with van der Waals surface area (Å²) in [5.41, 5.74) is 4.32. The molecule has 0 unspecified atom stereocenters. The van der Waals surface area contributed by atoms with Crippen molar-refractivity contribution in [3.63, 3.8) is 0 Å². The van der Waals surface area contributed by atoms with Crippen LogP contribution in [0.25, 0.3) is 41.3 Å². The lowest BCUT2D eigenvalue weighted by molar-refractivity contribution is 0.0678. The largest absolute Gasteiger partial charge is 0.335 e. The fourth-order valence-electron chi connectivity index (χ4n) is 5.21. The molecule has 7 rings (SSSR count). The molecule has 0 saturated heterocycles. The number of hydrogen-bond acceptors (Lipinski definition) is 6. The van der Waals surface area contributed by atoms with Gasteiger partial charge in [0.25, 0.3) is 23.6 Å². The molecule has 0 bridgehead atoms. The number of aryl methyl sites for hydroxylation is 1. The van der Waals surface area contributed by atoms with Crippen LogP contribution in [0.2, 0.25) is 0 Å². The van der Waals surface area contributed by atoms with Crippen molar-refractivity contribution in [3.8, 4) is 20.9 Å². The number of imide groups is 2.